The van der Waals surface area contributed by atoms with Crippen molar-refractivity contribution in [3.05, 3.63) is 48.0 Å². The monoisotopic (exact) mass is 440 g/mol. The van der Waals surface area contributed by atoms with Crippen LogP contribution in [0.4, 0.5) is 5.82 Å². The average Bonchev–Trinajstić information content (AvgIpc) is 2.80. The number of nitrogens with zero attached hydrogens (tertiary/aromatic N) is 2. The van der Waals surface area contributed by atoms with Crippen LogP contribution in [0.3, 0.4) is 0 Å². The molecule has 0 spiro atoms. The summed E-state index contributed by atoms with van der Waals surface area (Å²) in [5.41, 5.74) is 1.05. The Hall–Kier alpha value is -3.55. The Morgan fingerprint density at radius 3 is 2.68 bits per heavy atom. The Bertz CT molecular complexity index is 1270. The third-order valence-corrected chi connectivity index (χ3v) is 6.13. The molecule has 0 aliphatic carbocycles. The highest BCUT2D eigenvalue weighted by Crippen LogP contribution is 2.32. The first kappa shape index (κ1) is 20.7. The van der Waals surface area contributed by atoms with Gasteiger partial charge in [-0.25, -0.2) is 18.1 Å². The molecule has 0 radical (unpaired) electrons. The SMILES string of the molecule is COc1ccc2nc(NCCNS(=O)(=O)c3ccc4c(c3)OCCO4)c(C#N)cc2c1. The Kier molecular flexibility index (Phi) is 5.79. The quantitative estimate of drug-likeness (QED) is 0.537. The van der Waals surface area contributed by atoms with Crippen LogP contribution in [0.2, 0.25) is 0 Å². The summed E-state index contributed by atoms with van der Waals surface area (Å²) in [5.74, 6) is 1.99. The topological polar surface area (TPSA) is 123 Å². The van der Waals surface area contributed by atoms with E-state index in [0.29, 0.717) is 47.4 Å². The van der Waals surface area contributed by atoms with E-state index >= 15 is 0 Å². The smallest absolute Gasteiger partial charge is 0.240 e. The molecule has 160 valence electrons. The number of fused-ring (bicyclic) bond motifs is 2. The predicted molar refractivity (Wildman–Crippen MR) is 114 cm³/mol. The van der Waals surface area contributed by atoms with E-state index in [1.165, 1.54) is 12.1 Å². The van der Waals surface area contributed by atoms with Gasteiger partial charge < -0.3 is 19.5 Å². The van der Waals surface area contributed by atoms with Gasteiger partial charge in [0.2, 0.25) is 10.0 Å². The molecule has 1 aliphatic heterocycles. The lowest BCUT2D eigenvalue weighted by Gasteiger charge is -2.19. The van der Waals surface area contributed by atoms with E-state index in [4.69, 9.17) is 14.2 Å². The summed E-state index contributed by atoms with van der Waals surface area (Å²) >= 11 is 0. The van der Waals surface area contributed by atoms with E-state index in [9.17, 15) is 13.7 Å². The van der Waals surface area contributed by atoms with Crippen LogP contribution in [0.25, 0.3) is 10.9 Å². The fourth-order valence-electron chi connectivity index (χ4n) is 3.14. The number of aromatic nitrogens is 1. The van der Waals surface area contributed by atoms with Crippen molar-refractivity contribution in [1.82, 2.24) is 9.71 Å². The van der Waals surface area contributed by atoms with Crippen molar-refractivity contribution in [2.45, 2.75) is 4.90 Å². The lowest BCUT2D eigenvalue weighted by atomic mass is 10.1. The highest BCUT2D eigenvalue weighted by molar-refractivity contribution is 7.89. The number of hydrogen-bond donors (Lipinski definition) is 2. The molecule has 31 heavy (non-hydrogen) atoms. The van der Waals surface area contributed by atoms with Crippen LogP contribution < -0.4 is 24.2 Å². The molecule has 10 heteroatoms. The minimum atomic E-state index is -3.73. The molecule has 2 heterocycles. The van der Waals surface area contributed by atoms with Crippen molar-refractivity contribution >= 4 is 26.7 Å². The van der Waals surface area contributed by atoms with E-state index in [2.05, 4.69) is 21.1 Å². The zero-order chi connectivity index (χ0) is 21.8. The predicted octanol–water partition coefficient (Wildman–Crippen LogP) is 2.28. The van der Waals surface area contributed by atoms with Gasteiger partial charge in [0.05, 0.1) is 23.1 Å². The molecular weight excluding hydrogens is 420 g/mol. The van der Waals surface area contributed by atoms with Crippen LogP contribution in [-0.2, 0) is 10.0 Å². The standard InChI is InChI=1S/C21H20N4O5S/c1-28-16-2-4-18-14(11-16)10-15(13-22)21(25-18)23-6-7-24-31(26,27)17-3-5-19-20(12-17)30-9-8-29-19/h2-5,10-12,24H,6-9H2,1H3,(H,23,25). The van der Waals surface area contributed by atoms with Gasteiger partial charge in [0.1, 0.15) is 30.9 Å². The van der Waals surface area contributed by atoms with E-state index in [1.54, 1.807) is 37.4 Å². The van der Waals surface area contributed by atoms with E-state index in [-0.39, 0.29) is 18.0 Å². The molecule has 0 fully saturated rings. The van der Waals surface area contributed by atoms with Crippen LogP contribution >= 0.6 is 0 Å². The molecule has 3 aromatic rings. The maximum Gasteiger partial charge on any atom is 0.240 e. The molecule has 1 aromatic heterocycles. The van der Waals surface area contributed by atoms with Crippen LogP contribution in [0, 0.1) is 11.3 Å². The van der Waals surface area contributed by atoms with Crippen LogP contribution in [0.5, 0.6) is 17.2 Å². The lowest BCUT2D eigenvalue weighted by Crippen LogP contribution is -2.29. The first-order valence-corrected chi connectivity index (χ1v) is 11.0. The fourth-order valence-corrected chi connectivity index (χ4v) is 4.19. The minimum Gasteiger partial charge on any atom is -0.497 e. The van der Waals surface area contributed by atoms with Gasteiger partial charge in [0.25, 0.3) is 0 Å². The van der Waals surface area contributed by atoms with Crippen molar-refractivity contribution in [2.75, 3.05) is 38.7 Å². The number of anilines is 1. The van der Waals surface area contributed by atoms with Crippen LogP contribution in [0.15, 0.2) is 47.4 Å². The molecule has 2 N–H and O–H groups in total. The molecule has 0 amide bonds. The van der Waals surface area contributed by atoms with Crippen molar-refractivity contribution in [1.29, 1.82) is 5.26 Å². The number of hydrogen-bond acceptors (Lipinski definition) is 8. The summed E-state index contributed by atoms with van der Waals surface area (Å²) in [4.78, 5) is 4.55. The number of nitriles is 1. The number of sulfonamides is 1. The van der Waals surface area contributed by atoms with Gasteiger partial charge in [-0.05, 0) is 36.4 Å². The second-order valence-corrected chi connectivity index (χ2v) is 8.45. The first-order valence-electron chi connectivity index (χ1n) is 9.52. The molecule has 4 rings (SSSR count). The van der Waals surface area contributed by atoms with Gasteiger partial charge in [0, 0.05) is 24.5 Å². The zero-order valence-electron chi connectivity index (χ0n) is 16.7. The van der Waals surface area contributed by atoms with Gasteiger partial charge in [-0.3, -0.25) is 0 Å². The van der Waals surface area contributed by atoms with Gasteiger partial charge in [0.15, 0.2) is 11.5 Å². The molecule has 0 saturated heterocycles. The summed E-state index contributed by atoms with van der Waals surface area (Å²) in [5, 5.41) is 13.2. The van der Waals surface area contributed by atoms with E-state index in [0.717, 1.165) is 5.39 Å². The Balaban J connectivity index is 1.42. The normalized spacial score (nSPS) is 12.9. The van der Waals surface area contributed by atoms with E-state index < -0.39 is 10.0 Å². The molecule has 0 unspecified atom stereocenters. The second kappa shape index (κ2) is 8.67. The number of pyridine rings is 1. The third kappa shape index (κ3) is 4.47. The Morgan fingerprint density at radius 1 is 1.10 bits per heavy atom. The second-order valence-electron chi connectivity index (χ2n) is 6.68. The number of nitrogens with one attached hydrogen (secondary N) is 2. The first-order chi connectivity index (χ1) is 15.0. The van der Waals surface area contributed by atoms with Crippen molar-refractivity contribution in [3.63, 3.8) is 0 Å². The zero-order valence-corrected chi connectivity index (χ0v) is 17.5. The largest absolute Gasteiger partial charge is 0.497 e. The minimum absolute atomic E-state index is 0.0900. The third-order valence-electron chi connectivity index (χ3n) is 4.68. The van der Waals surface area contributed by atoms with Gasteiger partial charge in [-0.2, -0.15) is 5.26 Å². The number of rotatable bonds is 7. The molecule has 2 aromatic carbocycles. The number of benzene rings is 2. The highest BCUT2D eigenvalue weighted by atomic mass is 32.2. The summed E-state index contributed by atoms with van der Waals surface area (Å²) < 4.78 is 43.7. The van der Waals surface area contributed by atoms with Crippen LogP contribution in [0.1, 0.15) is 5.56 Å². The molecule has 9 nitrogen and oxygen atoms in total. The lowest BCUT2D eigenvalue weighted by molar-refractivity contribution is 0.171. The maximum absolute atomic E-state index is 12.6. The fraction of sp³-hybridized carbons (Fsp3) is 0.238. The van der Waals surface area contributed by atoms with Crippen molar-refractivity contribution in [2.24, 2.45) is 0 Å². The molecule has 0 saturated carbocycles. The number of methoxy groups -OCH3 is 1. The van der Waals surface area contributed by atoms with Gasteiger partial charge >= 0.3 is 0 Å². The average molecular weight is 440 g/mol. The molecular formula is C21H20N4O5S. The summed E-state index contributed by atoms with van der Waals surface area (Å²) in [6.45, 7) is 1.15. The summed E-state index contributed by atoms with van der Waals surface area (Å²) in [7, 11) is -2.16. The Labute approximate surface area is 179 Å². The van der Waals surface area contributed by atoms with Crippen molar-refractivity contribution < 1.29 is 22.6 Å². The molecule has 0 bridgehead atoms. The Morgan fingerprint density at radius 2 is 1.90 bits per heavy atom. The van der Waals surface area contributed by atoms with Gasteiger partial charge in [-0.1, -0.05) is 0 Å². The summed E-state index contributed by atoms with van der Waals surface area (Å²) in [6, 6.07) is 13.7. The maximum atomic E-state index is 12.6. The molecule has 0 atom stereocenters. The van der Waals surface area contributed by atoms with Gasteiger partial charge in [-0.15, -0.1) is 0 Å². The highest BCUT2D eigenvalue weighted by Gasteiger charge is 2.19. The number of ether oxygens (including phenoxy) is 3. The van der Waals surface area contributed by atoms with E-state index in [1.807, 2.05) is 0 Å². The van der Waals surface area contributed by atoms with Crippen LogP contribution in [-0.4, -0.2) is 46.8 Å². The molecule has 1 aliphatic rings. The van der Waals surface area contributed by atoms with Crippen molar-refractivity contribution in [3.8, 4) is 23.3 Å². The summed E-state index contributed by atoms with van der Waals surface area (Å²) in [6.07, 6.45) is 0.